The van der Waals surface area contributed by atoms with Crippen LogP contribution in [0, 0.1) is 0 Å². The zero-order valence-corrected chi connectivity index (χ0v) is 18.0. The van der Waals surface area contributed by atoms with E-state index < -0.39 is 0 Å². The molecule has 1 saturated heterocycles. The number of benzene rings is 1. The number of piperidine rings is 1. The van der Waals surface area contributed by atoms with Crippen molar-refractivity contribution in [1.29, 1.82) is 0 Å². The average molecular weight is 440 g/mol. The normalized spacial score (nSPS) is 15.6. The van der Waals surface area contributed by atoms with Crippen LogP contribution in [-0.4, -0.2) is 43.6 Å². The number of aromatic nitrogens is 4. The van der Waals surface area contributed by atoms with Crippen LogP contribution >= 0.6 is 22.9 Å². The lowest BCUT2D eigenvalue weighted by atomic mass is 10.1. The highest BCUT2D eigenvalue weighted by atomic mass is 35.5. The Bertz CT molecular complexity index is 1120. The minimum absolute atomic E-state index is 0.168. The van der Waals surface area contributed by atoms with Crippen molar-refractivity contribution < 1.29 is 4.74 Å². The maximum Gasteiger partial charge on any atom is 0.226 e. The Labute approximate surface area is 184 Å². The summed E-state index contributed by atoms with van der Waals surface area (Å²) in [7, 11) is 0. The molecular formula is C22H22ClN5OS. The first-order valence-electron chi connectivity index (χ1n) is 10.1. The number of rotatable bonds is 6. The molecule has 0 N–H and O–H groups in total. The molecule has 6 nitrogen and oxygen atoms in total. The molecule has 1 aliphatic heterocycles. The Morgan fingerprint density at radius 3 is 2.73 bits per heavy atom. The summed E-state index contributed by atoms with van der Waals surface area (Å²) in [6.45, 7) is 3.58. The zero-order chi connectivity index (χ0) is 20.3. The molecule has 154 valence electrons. The highest BCUT2D eigenvalue weighted by molar-refractivity contribution is 7.07. The Morgan fingerprint density at radius 2 is 1.93 bits per heavy atom. The van der Waals surface area contributed by atoms with E-state index in [1.165, 1.54) is 0 Å². The van der Waals surface area contributed by atoms with Gasteiger partial charge in [-0.1, -0.05) is 29.8 Å². The van der Waals surface area contributed by atoms with E-state index in [4.69, 9.17) is 16.3 Å². The van der Waals surface area contributed by atoms with Crippen molar-refractivity contribution in [2.45, 2.75) is 32.0 Å². The second-order valence-electron chi connectivity index (χ2n) is 7.52. The Morgan fingerprint density at radius 1 is 1.07 bits per heavy atom. The molecule has 0 aliphatic carbocycles. The number of halogens is 1. The fraction of sp³-hybridized carbons (Fsp3) is 0.318. The molecule has 0 spiro atoms. The molecule has 1 aliphatic rings. The Balaban J connectivity index is 1.27. The third-order valence-electron chi connectivity index (χ3n) is 5.50. The van der Waals surface area contributed by atoms with Crippen LogP contribution in [0.1, 0.15) is 24.1 Å². The highest BCUT2D eigenvalue weighted by Gasteiger charge is 2.22. The van der Waals surface area contributed by atoms with E-state index in [1.807, 2.05) is 42.0 Å². The van der Waals surface area contributed by atoms with Gasteiger partial charge in [0.1, 0.15) is 18.1 Å². The molecule has 8 heteroatoms. The SMILES string of the molecule is Clc1ccccc1Cn1ccc2c(OC3CCN(Cc4cscn4)CC3)ncnc21. The maximum absolute atomic E-state index is 6.33. The standard InChI is InChI=1S/C22H22ClN5OS/c23-20-4-2-1-3-16(20)11-28-10-7-19-21(28)24-14-25-22(19)29-18-5-8-27(9-6-18)12-17-13-30-15-26-17/h1-4,7,10,13-15,18H,5-6,8-9,11-12H2. The monoisotopic (exact) mass is 439 g/mol. The van der Waals surface area contributed by atoms with Gasteiger partial charge in [0.25, 0.3) is 0 Å². The molecule has 3 aromatic heterocycles. The van der Waals surface area contributed by atoms with Gasteiger partial charge in [0, 0.05) is 36.2 Å². The number of ether oxygens (including phenoxy) is 1. The van der Waals surface area contributed by atoms with E-state index in [9.17, 15) is 0 Å². The van der Waals surface area contributed by atoms with Crippen LogP contribution in [0.2, 0.25) is 5.02 Å². The van der Waals surface area contributed by atoms with Crippen molar-refractivity contribution in [3.05, 3.63) is 70.0 Å². The van der Waals surface area contributed by atoms with E-state index in [2.05, 4.69) is 29.8 Å². The summed E-state index contributed by atoms with van der Waals surface area (Å²) < 4.78 is 8.39. The second-order valence-corrected chi connectivity index (χ2v) is 8.65. The van der Waals surface area contributed by atoms with Crippen LogP contribution in [0.4, 0.5) is 0 Å². The average Bonchev–Trinajstić information content (AvgIpc) is 3.42. The molecule has 1 aromatic carbocycles. The minimum atomic E-state index is 0.168. The highest BCUT2D eigenvalue weighted by Crippen LogP contribution is 2.27. The van der Waals surface area contributed by atoms with Gasteiger partial charge in [0.2, 0.25) is 5.88 Å². The lowest BCUT2D eigenvalue weighted by Gasteiger charge is -2.31. The molecule has 0 saturated carbocycles. The van der Waals surface area contributed by atoms with Gasteiger partial charge in [-0.05, 0) is 30.5 Å². The van der Waals surface area contributed by atoms with Gasteiger partial charge in [0.05, 0.1) is 23.1 Å². The van der Waals surface area contributed by atoms with Crippen LogP contribution in [-0.2, 0) is 13.1 Å². The summed E-state index contributed by atoms with van der Waals surface area (Å²) in [6, 6.07) is 9.91. The van der Waals surface area contributed by atoms with E-state index in [-0.39, 0.29) is 6.10 Å². The maximum atomic E-state index is 6.33. The molecular weight excluding hydrogens is 418 g/mol. The molecule has 30 heavy (non-hydrogen) atoms. The summed E-state index contributed by atoms with van der Waals surface area (Å²) >= 11 is 7.98. The van der Waals surface area contributed by atoms with Crippen LogP contribution in [0.5, 0.6) is 5.88 Å². The van der Waals surface area contributed by atoms with E-state index in [1.54, 1.807) is 17.7 Å². The number of thiazole rings is 1. The zero-order valence-electron chi connectivity index (χ0n) is 16.4. The van der Waals surface area contributed by atoms with Gasteiger partial charge in [-0.2, -0.15) is 0 Å². The quantitative estimate of drug-likeness (QED) is 0.438. The third kappa shape index (κ3) is 4.19. The predicted octanol–water partition coefficient (Wildman–Crippen LogP) is 4.63. The molecule has 0 radical (unpaired) electrons. The fourth-order valence-corrected chi connectivity index (χ4v) is 4.65. The first-order valence-corrected chi connectivity index (χ1v) is 11.4. The molecule has 4 heterocycles. The lowest BCUT2D eigenvalue weighted by molar-refractivity contribution is 0.0939. The summed E-state index contributed by atoms with van der Waals surface area (Å²) in [4.78, 5) is 15.7. The number of nitrogens with zero attached hydrogens (tertiary/aromatic N) is 5. The van der Waals surface area contributed by atoms with Crippen molar-refractivity contribution in [2.24, 2.45) is 0 Å². The minimum Gasteiger partial charge on any atom is -0.474 e. The molecule has 0 unspecified atom stereocenters. The molecule has 1 fully saturated rings. The number of hydrogen-bond acceptors (Lipinski definition) is 6. The fourth-order valence-electron chi connectivity index (χ4n) is 3.90. The third-order valence-corrected chi connectivity index (χ3v) is 6.50. The molecule has 5 rings (SSSR count). The van der Waals surface area contributed by atoms with Gasteiger partial charge in [-0.15, -0.1) is 11.3 Å². The molecule has 0 atom stereocenters. The smallest absolute Gasteiger partial charge is 0.226 e. The van der Waals surface area contributed by atoms with Gasteiger partial charge in [-0.3, -0.25) is 4.90 Å². The van der Waals surface area contributed by atoms with E-state index in [0.717, 1.165) is 59.8 Å². The summed E-state index contributed by atoms with van der Waals surface area (Å²) in [5.41, 5.74) is 4.96. The number of hydrogen-bond donors (Lipinski definition) is 0. The van der Waals surface area contributed by atoms with Crippen molar-refractivity contribution in [3.8, 4) is 5.88 Å². The van der Waals surface area contributed by atoms with Crippen molar-refractivity contribution in [2.75, 3.05) is 13.1 Å². The summed E-state index contributed by atoms with van der Waals surface area (Å²) in [5.74, 6) is 0.663. The second kappa shape index (κ2) is 8.71. The first-order chi connectivity index (χ1) is 14.8. The van der Waals surface area contributed by atoms with Crippen molar-refractivity contribution in [3.63, 3.8) is 0 Å². The van der Waals surface area contributed by atoms with Gasteiger partial charge < -0.3 is 9.30 Å². The van der Waals surface area contributed by atoms with Gasteiger partial charge >= 0.3 is 0 Å². The topological polar surface area (TPSA) is 56.1 Å². The molecule has 0 bridgehead atoms. The van der Waals surface area contributed by atoms with E-state index >= 15 is 0 Å². The van der Waals surface area contributed by atoms with Crippen LogP contribution in [0.3, 0.4) is 0 Å². The molecule has 0 amide bonds. The Hall–Kier alpha value is -2.48. The predicted molar refractivity (Wildman–Crippen MR) is 119 cm³/mol. The summed E-state index contributed by atoms with van der Waals surface area (Å²) in [6.07, 6.45) is 5.73. The Kier molecular flexibility index (Phi) is 5.66. The number of fused-ring (bicyclic) bond motifs is 1. The van der Waals surface area contributed by atoms with Gasteiger partial charge in [-0.25, -0.2) is 15.0 Å². The number of likely N-dealkylation sites (tertiary alicyclic amines) is 1. The summed E-state index contributed by atoms with van der Waals surface area (Å²) in [5, 5.41) is 3.82. The lowest BCUT2D eigenvalue weighted by Crippen LogP contribution is -2.38. The largest absolute Gasteiger partial charge is 0.474 e. The van der Waals surface area contributed by atoms with Gasteiger partial charge in [0.15, 0.2) is 0 Å². The van der Waals surface area contributed by atoms with Crippen molar-refractivity contribution in [1.82, 2.24) is 24.4 Å². The van der Waals surface area contributed by atoms with Crippen molar-refractivity contribution >= 4 is 34.0 Å². The van der Waals surface area contributed by atoms with E-state index in [0.29, 0.717) is 12.4 Å². The first kappa shape index (κ1) is 19.5. The van der Waals surface area contributed by atoms with Crippen LogP contribution in [0.25, 0.3) is 11.0 Å². The van der Waals surface area contributed by atoms with Crippen LogP contribution < -0.4 is 4.74 Å². The van der Waals surface area contributed by atoms with Crippen LogP contribution in [0.15, 0.2) is 53.7 Å². The molecule has 4 aromatic rings.